The van der Waals surface area contributed by atoms with E-state index in [1.807, 2.05) is 6.92 Å². The summed E-state index contributed by atoms with van der Waals surface area (Å²) < 4.78 is 0. The summed E-state index contributed by atoms with van der Waals surface area (Å²) in [6.07, 6.45) is 0. The molecule has 0 aliphatic carbocycles. The third-order valence-electron chi connectivity index (χ3n) is 1.39. The highest BCUT2D eigenvalue weighted by atomic mass is 28.3. The number of nitrogens with zero attached hydrogens (tertiary/aromatic N) is 3. The Balaban J connectivity index is 3.05. The predicted molar refractivity (Wildman–Crippen MR) is 43.1 cm³/mol. The van der Waals surface area contributed by atoms with Crippen LogP contribution in [0.25, 0.3) is 0 Å². The Morgan fingerprint density at radius 3 is 2.00 bits per heavy atom. The van der Waals surface area contributed by atoms with Gasteiger partial charge in [-0.3, -0.25) is 0 Å². The van der Waals surface area contributed by atoms with Gasteiger partial charge in [-0.1, -0.05) is 19.6 Å². The maximum Gasteiger partial charge on any atom is 0.101 e. The maximum absolute atomic E-state index is 3.99. The van der Waals surface area contributed by atoms with Crippen LogP contribution in [-0.4, -0.2) is 18.3 Å². The molecule has 1 aromatic heterocycles. The van der Waals surface area contributed by atoms with Crippen molar-refractivity contribution in [3.8, 4) is 0 Å². The number of rotatable bonds is 1. The van der Waals surface area contributed by atoms with E-state index in [-0.39, 0.29) is 0 Å². The van der Waals surface area contributed by atoms with Gasteiger partial charge in [-0.15, -0.1) is 0 Å². The van der Waals surface area contributed by atoms with Crippen molar-refractivity contribution >= 4 is 13.4 Å². The molecule has 0 aliphatic heterocycles. The van der Waals surface area contributed by atoms with Gasteiger partial charge in [-0.25, -0.2) is 0 Å². The summed E-state index contributed by atoms with van der Waals surface area (Å²) in [6.45, 7) is 8.69. The first-order chi connectivity index (χ1) is 4.52. The number of aryl methyl sites for hydroxylation is 1. The summed E-state index contributed by atoms with van der Waals surface area (Å²) in [7, 11) is -1.26. The first-order valence-electron chi connectivity index (χ1n) is 3.35. The molecule has 0 unspecified atom stereocenters. The molecule has 1 rings (SSSR count). The highest BCUT2D eigenvalue weighted by Crippen LogP contribution is 2.00. The Morgan fingerprint density at radius 2 is 1.80 bits per heavy atom. The van der Waals surface area contributed by atoms with E-state index in [1.165, 1.54) is 0 Å². The van der Waals surface area contributed by atoms with Crippen molar-refractivity contribution in [3.05, 3.63) is 5.69 Å². The van der Waals surface area contributed by atoms with Crippen LogP contribution in [0, 0.1) is 6.92 Å². The van der Waals surface area contributed by atoms with Crippen molar-refractivity contribution < 1.29 is 0 Å². The molecule has 0 atom stereocenters. The Hall–Kier alpha value is -0.643. The van der Waals surface area contributed by atoms with Crippen LogP contribution >= 0.6 is 0 Å². The van der Waals surface area contributed by atoms with E-state index in [0.717, 1.165) is 11.0 Å². The van der Waals surface area contributed by atoms with Crippen molar-refractivity contribution in [1.82, 2.24) is 15.4 Å². The average Bonchev–Trinajstić information content (AvgIpc) is 2.11. The van der Waals surface area contributed by atoms with Gasteiger partial charge in [0.2, 0.25) is 0 Å². The van der Waals surface area contributed by atoms with E-state index in [9.17, 15) is 0 Å². The van der Waals surface area contributed by atoms with Gasteiger partial charge in [0.1, 0.15) is 8.07 Å². The van der Waals surface area contributed by atoms with Crippen molar-refractivity contribution in [3.63, 3.8) is 0 Å². The fourth-order valence-corrected chi connectivity index (χ4v) is 2.43. The zero-order valence-corrected chi connectivity index (χ0v) is 7.84. The second-order valence-electron chi connectivity index (χ2n) is 3.47. The van der Waals surface area contributed by atoms with Crippen LogP contribution < -0.4 is 10.5 Å². The molecule has 3 nitrogen and oxygen atoms in total. The van der Waals surface area contributed by atoms with Gasteiger partial charge in [0.05, 0.1) is 0 Å². The fraction of sp³-hybridized carbons (Fsp3) is 0.667. The third-order valence-corrected chi connectivity index (χ3v) is 3.28. The zero-order valence-electron chi connectivity index (χ0n) is 6.84. The third kappa shape index (κ3) is 1.26. The van der Waals surface area contributed by atoms with E-state index in [1.54, 1.807) is 0 Å². The topological polar surface area (TPSA) is 39.9 Å². The normalized spacial score (nSPS) is 12.0. The minimum absolute atomic E-state index is 0.999. The molecule has 4 heteroatoms. The predicted octanol–water partition coefficient (Wildman–Crippen LogP) is 0.287. The molecule has 0 spiro atoms. The lowest BCUT2D eigenvalue weighted by Crippen LogP contribution is -2.40. The second kappa shape index (κ2) is 2.19. The molecule has 0 fully saturated rings. The van der Waals surface area contributed by atoms with Crippen molar-refractivity contribution in [2.24, 2.45) is 0 Å². The van der Waals surface area contributed by atoms with E-state index >= 15 is 0 Å². The molecule has 0 aliphatic rings. The molecule has 0 bridgehead atoms. The number of hydrogen-bond acceptors (Lipinski definition) is 2. The van der Waals surface area contributed by atoms with E-state index in [4.69, 9.17) is 0 Å². The van der Waals surface area contributed by atoms with Gasteiger partial charge in [0.15, 0.2) is 0 Å². The molecule has 1 heterocycles. The van der Waals surface area contributed by atoms with Gasteiger partial charge < -0.3 is 15.4 Å². The molecular weight excluding hydrogens is 142 g/mol. The smallest absolute Gasteiger partial charge is 0.101 e. The molecular formula is C6H12N3Si-. The summed E-state index contributed by atoms with van der Waals surface area (Å²) in [5, 5.41) is 12.6. The first-order valence-corrected chi connectivity index (χ1v) is 6.85. The highest BCUT2D eigenvalue weighted by molar-refractivity contribution is 6.88. The molecule has 1 aromatic rings. The van der Waals surface area contributed by atoms with Crippen LogP contribution in [0.2, 0.25) is 19.6 Å². The molecule has 0 radical (unpaired) electrons. The zero-order chi connectivity index (χ0) is 7.78. The van der Waals surface area contributed by atoms with Crippen LogP contribution in [0.4, 0.5) is 0 Å². The lowest BCUT2D eigenvalue weighted by Gasteiger charge is -2.14. The fourth-order valence-electron chi connectivity index (χ4n) is 0.947. The SMILES string of the molecule is Cc1n[n-]nc1[Si](C)(C)C. The highest BCUT2D eigenvalue weighted by Gasteiger charge is 2.18. The van der Waals surface area contributed by atoms with Crippen molar-refractivity contribution in [1.29, 1.82) is 0 Å². The maximum atomic E-state index is 3.99. The van der Waals surface area contributed by atoms with Crippen LogP contribution in [0.1, 0.15) is 5.69 Å². The number of aromatic nitrogens is 3. The second-order valence-corrected chi connectivity index (χ2v) is 8.45. The van der Waals surface area contributed by atoms with Crippen LogP contribution in [0.3, 0.4) is 0 Å². The van der Waals surface area contributed by atoms with Gasteiger partial charge in [0.25, 0.3) is 0 Å². The molecule has 0 N–H and O–H groups in total. The molecule has 0 aromatic carbocycles. The Bertz CT molecular complexity index is 223. The van der Waals surface area contributed by atoms with Crippen molar-refractivity contribution in [2.75, 3.05) is 0 Å². The average molecular weight is 154 g/mol. The first kappa shape index (κ1) is 7.46. The van der Waals surface area contributed by atoms with Gasteiger partial charge in [0, 0.05) is 11.0 Å². The summed E-state index contributed by atoms with van der Waals surface area (Å²) in [6, 6.07) is 0. The van der Waals surface area contributed by atoms with Gasteiger partial charge >= 0.3 is 0 Å². The minimum atomic E-state index is -1.26. The summed E-state index contributed by atoms with van der Waals surface area (Å²) >= 11 is 0. The van der Waals surface area contributed by atoms with E-state index < -0.39 is 8.07 Å². The van der Waals surface area contributed by atoms with Crippen LogP contribution in [-0.2, 0) is 0 Å². The summed E-state index contributed by atoms with van der Waals surface area (Å²) in [4.78, 5) is 0. The minimum Gasteiger partial charge on any atom is -0.493 e. The molecule has 0 saturated heterocycles. The monoisotopic (exact) mass is 154 g/mol. The lowest BCUT2D eigenvalue weighted by atomic mass is 10.6. The Kier molecular flexibility index (Phi) is 1.64. The molecule has 56 valence electrons. The van der Waals surface area contributed by atoms with Gasteiger partial charge in [-0.05, 0) is 6.92 Å². The Labute approximate surface area is 61.9 Å². The Morgan fingerprint density at radius 1 is 1.20 bits per heavy atom. The standard InChI is InChI=1S/C6H12N3Si/c1-5-6(8-9-7-5)10(2,3)4/h1-4H3/q-1. The van der Waals surface area contributed by atoms with Gasteiger partial charge in [-0.2, -0.15) is 0 Å². The number of hydrogen-bond donors (Lipinski definition) is 0. The van der Waals surface area contributed by atoms with Crippen molar-refractivity contribution in [2.45, 2.75) is 26.6 Å². The quantitative estimate of drug-likeness (QED) is 0.546. The summed E-state index contributed by atoms with van der Waals surface area (Å²) in [5.74, 6) is 0. The molecule has 0 saturated carbocycles. The largest absolute Gasteiger partial charge is 0.493 e. The summed E-state index contributed by atoms with van der Waals surface area (Å²) in [5.41, 5.74) is 0.999. The molecule has 0 amide bonds. The van der Waals surface area contributed by atoms with Crippen LogP contribution in [0.15, 0.2) is 0 Å². The lowest BCUT2D eigenvalue weighted by molar-refractivity contribution is 0.902. The van der Waals surface area contributed by atoms with Crippen LogP contribution in [0.5, 0.6) is 0 Å². The van der Waals surface area contributed by atoms with E-state index in [0.29, 0.717) is 0 Å². The van der Waals surface area contributed by atoms with E-state index in [2.05, 4.69) is 35.1 Å². The molecule has 10 heavy (non-hydrogen) atoms.